The summed E-state index contributed by atoms with van der Waals surface area (Å²) in [7, 11) is -0.353. The lowest BCUT2D eigenvalue weighted by atomic mass is 9.87. The highest BCUT2D eigenvalue weighted by Gasteiger charge is 2.46. The first-order valence-corrected chi connectivity index (χ1v) is 14.6. The molecular formula is C24H29ClN4O6S2. The van der Waals surface area contributed by atoms with Crippen LogP contribution in [0.3, 0.4) is 0 Å². The molecule has 0 N–H and O–H groups in total. The van der Waals surface area contributed by atoms with Crippen LogP contribution in [0.5, 0.6) is 11.5 Å². The van der Waals surface area contributed by atoms with Crippen LogP contribution in [0.15, 0.2) is 39.7 Å². The lowest BCUT2D eigenvalue weighted by Crippen LogP contribution is -2.51. The van der Waals surface area contributed by atoms with Crippen molar-refractivity contribution in [2.75, 3.05) is 58.4 Å². The van der Waals surface area contributed by atoms with Crippen LogP contribution < -0.4 is 14.4 Å². The fourth-order valence-electron chi connectivity index (χ4n) is 4.93. The SMILES string of the molecule is COc1cc(OC)cc(N2CCN(C(=O)C3=NOC4(CCN(S(=O)(=O)c5ccc(Cl)s5)CC4)C3)CC2)c1. The van der Waals surface area contributed by atoms with Crippen LogP contribution in [0.1, 0.15) is 19.3 Å². The van der Waals surface area contributed by atoms with Crippen molar-refractivity contribution in [2.45, 2.75) is 29.1 Å². The molecule has 200 valence electrons. The molecule has 0 radical (unpaired) electrons. The molecule has 0 bridgehead atoms. The van der Waals surface area contributed by atoms with Crippen LogP contribution in [-0.4, -0.2) is 88.3 Å². The molecule has 0 unspecified atom stereocenters. The molecule has 4 heterocycles. The summed E-state index contributed by atoms with van der Waals surface area (Å²) in [6, 6.07) is 8.86. The zero-order valence-corrected chi connectivity index (χ0v) is 23.1. The van der Waals surface area contributed by atoms with Gasteiger partial charge in [0.25, 0.3) is 15.9 Å². The van der Waals surface area contributed by atoms with E-state index in [0.717, 1.165) is 17.0 Å². The van der Waals surface area contributed by atoms with Gasteiger partial charge in [-0.2, -0.15) is 4.31 Å². The average molecular weight is 569 g/mol. The van der Waals surface area contributed by atoms with Gasteiger partial charge >= 0.3 is 0 Å². The highest BCUT2D eigenvalue weighted by molar-refractivity contribution is 7.91. The van der Waals surface area contributed by atoms with Gasteiger partial charge in [0.2, 0.25) is 0 Å². The highest BCUT2D eigenvalue weighted by Crippen LogP contribution is 2.38. The summed E-state index contributed by atoms with van der Waals surface area (Å²) >= 11 is 6.98. The molecular weight excluding hydrogens is 540 g/mol. The fraction of sp³-hybridized carbons (Fsp3) is 0.500. The van der Waals surface area contributed by atoms with Crippen molar-refractivity contribution in [3.8, 4) is 11.5 Å². The van der Waals surface area contributed by atoms with E-state index < -0.39 is 15.6 Å². The zero-order valence-electron chi connectivity index (χ0n) is 20.7. The number of halogens is 1. The second-order valence-corrected chi connectivity index (χ2v) is 13.2. The van der Waals surface area contributed by atoms with Crippen LogP contribution in [0, 0.1) is 0 Å². The van der Waals surface area contributed by atoms with Gasteiger partial charge in [0.1, 0.15) is 27.0 Å². The first-order valence-electron chi connectivity index (χ1n) is 12.0. The van der Waals surface area contributed by atoms with E-state index in [4.69, 9.17) is 25.9 Å². The second kappa shape index (κ2) is 10.3. The molecule has 2 saturated heterocycles. The number of carbonyl (C=O) groups is 1. The Balaban J connectivity index is 1.15. The van der Waals surface area contributed by atoms with Crippen LogP contribution in [0.4, 0.5) is 5.69 Å². The monoisotopic (exact) mass is 568 g/mol. The summed E-state index contributed by atoms with van der Waals surface area (Å²) in [6.07, 6.45) is 1.33. The Kier molecular flexibility index (Phi) is 7.27. The van der Waals surface area contributed by atoms with E-state index in [9.17, 15) is 13.2 Å². The van der Waals surface area contributed by atoms with Crippen molar-refractivity contribution in [1.29, 1.82) is 0 Å². The van der Waals surface area contributed by atoms with Crippen molar-refractivity contribution >= 4 is 50.3 Å². The predicted molar refractivity (Wildman–Crippen MR) is 142 cm³/mol. The van der Waals surface area contributed by atoms with Crippen molar-refractivity contribution in [3.63, 3.8) is 0 Å². The molecule has 3 aliphatic heterocycles. The number of carbonyl (C=O) groups excluding carboxylic acids is 1. The quantitative estimate of drug-likeness (QED) is 0.528. The Labute approximate surface area is 225 Å². The maximum absolute atomic E-state index is 13.2. The summed E-state index contributed by atoms with van der Waals surface area (Å²) in [5.74, 6) is 1.31. The predicted octanol–water partition coefficient (Wildman–Crippen LogP) is 3.07. The molecule has 10 nitrogen and oxygen atoms in total. The van der Waals surface area contributed by atoms with Crippen LogP contribution in [0.2, 0.25) is 4.34 Å². The van der Waals surface area contributed by atoms with Crippen molar-refractivity contribution < 1.29 is 27.5 Å². The van der Waals surface area contributed by atoms with Gasteiger partial charge in [-0.3, -0.25) is 4.79 Å². The van der Waals surface area contributed by atoms with E-state index in [1.165, 1.54) is 10.4 Å². The number of anilines is 1. The van der Waals surface area contributed by atoms with Crippen LogP contribution in [0.25, 0.3) is 0 Å². The summed E-state index contributed by atoms with van der Waals surface area (Å²) in [6.45, 7) is 3.05. The largest absolute Gasteiger partial charge is 0.497 e. The standard InChI is InChI=1S/C24H29ClN4O6S2/c1-33-18-13-17(14-19(15-18)34-2)27-9-11-28(12-10-27)23(30)20-16-24(35-26-20)5-7-29(8-6-24)37(31,32)22-4-3-21(25)36-22/h3-4,13-15H,5-12,16H2,1-2H3. The number of nitrogens with zero attached hydrogens (tertiary/aromatic N) is 4. The normalized spacial score (nSPS) is 20.0. The van der Waals surface area contributed by atoms with Crippen LogP contribution in [-0.2, 0) is 19.7 Å². The number of thiophene rings is 1. The number of amides is 1. The molecule has 2 aromatic rings. The molecule has 13 heteroatoms. The smallest absolute Gasteiger partial charge is 0.271 e. The zero-order chi connectivity index (χ0) is 26.2. The van der Waals surface area contributed by atoms with Crippen molar-refractivity contribution in [1.82, 2.24) is 9.21 Å². The molecule has 5 rings (SSSR count). The molecule has 0 saturated carbocycles. The minimum absolute atomic E-state index is 0.122. The molecule has 0 atom stereocenters. The minimum Gasteiger partial charge on any atom is -0.497 e. The second-order valence-electron chi connectivity index (χ2n) is 9.30. The molecule has 1 aromatic carbocycles. The number of rotatable bonds is 6. The summed E-state index contributed by atoms with van der Waals surface area (Å²) in [5, 5.41) is 4.15. The molecule has 1 amide bonds. The lowest BCUT2D eigenvalue weighted by Gasteiger charge is -2.37. The maximum atomic E-state index is 13.2. The number of piperazine rings is 1. The minimum atomic E-state index is -3.59. The van der Waals surface area contributed by atoms with Gasteiger partial charge in [0.05, 0.1) is 18.6 Å². The number of ether oxygens (including phenoxy) is 2. The molecule has 2 fully saturated rings. The molecule has 3 aliphatic rings. The third kappa shape index (κ3) is 5.25. The fourth-order valence-corrected chi connectivity index (χ4v) is 8.01. The Hall–Kier alpha value is -2.54. The highest BCUT2D eigenvalue weighted by atomic mass is 35.5. The van der Waals surface area contributed by atoms with E-state index in [0.29, 0.717) is 80.1 Å². The van der Waals surface area contributed by atoms with Crippen molar-refractivity contribution in [3.05, 3.63) is 34.7 Å². The molecule has 37 heavy (non-hydrogen) atoms. The summed E-state index contributed by atoms with van der Waals surface area (Å²) < 4.78 is 38.7. The maximum Gasteiger partial charge on any atom is 0.271 e. The van der Waals surface area contributed by atoms with Crippen LogP contribution >= 0.6 is 22.9 Å². The third-order valence-corrected chi connectivity index (χ3v) is 10.7. The number of methoxy groups -OCH3 is 2. The first-order chi connectivity index (χ1) is 17.7. The number of hydrogen-bond donors (Lipinski definition) is 0. The van der Waals surface area contributed by atoms with E-state index in [2.05, 4.69) is 10.1 Å². The summed E-state index contributed by atoms with van der Waals surface area (Å²) in [4.78, 5) is 23.0. The van der Waals surface area contributed by atoms with E-state index >= 15 is 0 Å². The molecule has 0 aliphatic carbocycles. The van der Waals surface area contributed by atoms with Gasteiger partial charge in [-0.15, -0.1) is 11.3 Å². The lowest BCUT2D eigenvalue weighted by molar-refractivity contribution is -0.124. The molecule has 1 aromatic heterocycles. The number of piperidine rings is 1. The first kappa shape index (κ1) is 26.1. The number of oxime groups is 1. The Morgan fingerprint density at radius 2 is 1.68 bits per heavy atom. The van der Waals surface area contributed by atoms with E-state index in [-0.39, 0.29) is 10.1 Å². The van der Waals surface area contributed by atoms with E-state index in [1.807, 2.05) is 18.2 Å². The van der Waals surface area contributed by atoms with E-state index in [1.54, 1.807) is 25.2 Å². The molecule has 1 spiro atoms. The van der Waals surface area contributed by atoms with Gasteiger partial charge < -0.3 is 24.1 Å². The van der Waals surface area contributed by atoms with Gasteiger partial charge in [0, 0.05) is 82.4 Å². The number of benzene rings is 1. The summed E-state index contributed by atoms with van der Waals surface area (Å²) in [5.41, 5.74) is 0.747. The van der Waals surface area contributed by atoms with Crippen molar-refractivity contribution in [2.24, 2.45) is 5.16 Å². The Bertz CT molecular complexity index is 1280. The van der Waals surface area contributed by atoms with Gasteiger partial charge in [-0.05, 0) is 12.1 Å². The van der Waals surface area contributed by atoms with Gasteiger partial charge in [-0.1, -0.05) is 16.8 Å². The van der Waals surface area contributed by atoms with Gasteiger partial charge in [0.15, 0.2) is 0 Å². The number of hydrogen-bond acceptors (Lipinski definition) is 9. The topological polar surface area (TPSA) is 101 Å². The average Bonchev–Trinajstić information content (AvgIpc) is 3.55. The third-order valence-electron chi connectivity index (χ3n) is 7.13. The number of sulfonamides is 1. The Morgan fingerprint density at radius 3 is 2.24 bits per heavy atom. The Morgan fingerprint density at radius 1 is 1.03 bits per heavy atom. The van der Waals surface area contributed by atoms with Gasteiger partial charge in [-0.25, -0.2) is 8.42 Å².